The van der Waals surface area contributed by atoms with E-state index in [4.69, 9.17) is 16.3 Å². The molecular formula is C10H10ClNO2. The van der Waals surface area contributed by atoms with Crippen molar-refractivity contribution in [1.29, 1.82) is 0 Å². The molecule has 0 bridgehead atoms. The van der Waals surface area contributed by atoms with Crippen LogP contribution >= 0.6 is 11.6 Å². The van der Waals surface area contributed by atoms with Crippen molar-refractivity contribution in [1.82, 2.24) is 5.32 Å². The summed E-state index contributed by atoms with van der Waals surface area (Å²) in [6.07, 6.45) is 0. The van der Waals surface area contributed by atoms with E-state index in [9.17, 15) is 4.79 Å². The smallest absolute Gasteiger partial charge is 0.255 e. The summed E-state index contributed by atoms with van der Waals surface area (Å²) in [7, 11) is 0. The van der Waals surface area contributed by atoms with E-state index in [0.717, 1.165) is 5.56 Å². The number of fused-ring (bicyclic) bond motifs is 1. The van der Waals surface area contributed by atoms with E-state index in [0.29, 0.717) is 29.5 Å². The Hall–Kier alpha value is -1.22. The molecule has 1 N–H and O–H groups in total. The maximum atomic E-state index is 11.6. The third-order valence-electron chi connectivity index (χ3n) is 2.07. The molecule has 0 fully saturated rings. The second-order valence-electron chi connectivity index (χ2n) is 3.23. The maximum absolute atomic E-state index is 11.6. The molecule has 1 aromatic carbocycles. The lowest BCUT2D eigenvalue weighted by Gasteiger charge is -2.08. The molecule has 4 heteroatoms. The van der Waals surface area contributed by atoms with Crippen molar-refractivity contribution in [3.63, 3.8) is 0 Å². The number of rotatable bonds is 0. The number of ether oxygens (including phenoxy) is 1. The Labute approximate surface area is 87.0 Å². The molecule has 2 rings (SSSR count). The molecule has 0 spiro atoms. The van der Waals surface area contributed by atoms with Gasteiger partial charge in [-0.05, 0) is 24.6 Å². The van der Waals surface area contributed by atoms with Crippen LogP contribution in [0.25, 0.3) is 0 Å². The number of hydrogen-bond acceptors (Lipinski definition) is 2. The molecule has 1 amide bonds. The predicted molar refractivity (Wildman–Crippen MR) is 54.0 cm³/mol. The van der Waals surface area contributed by atoms with Crippen LogP contribution in [0.5, 0.6) is 5.75 Å². The summed E-state index contributed by atoms with van der Waals surface area (Å²) in [4.78, 5) is 11.6. The summed E-state index contributed by atoms with van der Waals surface area (Å²) < 4.78 is 5.39. The van der Waals surface area contributed by atoms with Gasteiger partial charge in [-0.1, -0.05) is 11.6 Å². The molecular weight excluding hydrogens is 202 g/mol. The van der Waals surface area contributed by atoms with Crippen molar-refractivity contribution in [2.75, 3.05) is 13.2 Å². The van der Waals surface area contributed by atoms with Crippen molar-refractivity contribution >= 4 is 17.5 Å². The van der Waals surface area contributed by atoms with Gasteiger partial charge >= 0.3 is 0 Å². The van der Waals surface area contributed by atoms with Gasteiger partial charge in [-0.2, -0.15) is 0 Å². The van der Waals surface area contributed by atoms with E-state index in [1.54, 1.807) is 12.1 Å². The monoisotopic (exact) mass is 211 g/mol. The van der Waals surface area contributed by atoms with Crippen molar-refractivity contribution in [3.8, 4) is 5.75 Å². The van der Waals surface area contributed by atoms with Crippen molar-refractivity contribution in [2.45, 2.75) is 6.92 Å². The fourth-order valence-electron chi connectivity index (χ4n) is 1.46. The number of carbonyl (C=O) groups excluding carboxylic acids is 1. The number of benzene rings is 1. The standard InChI is InChI=1S/C10H10ClNO2/c1-6-4-7-9(8(11)5-6)14-3-2-12-10(7)13/h4-5H,2-3H2,1H3,(H,12,13). The molecule has 0 saturated heterocycles. The summed E-state index contributed by atoms with van der Waals surface area (Å²) in [6, 6.07) is 3.57. The molecule has 0 aromatic heterocycles. The second-order valence-corrected chi connectivity index (χ2v) is 3.63. The van der Waals surface area contributed by atoms with Gasteiger partial charge in [0.05, 0.1) is 17.1 Å². The van der Waals surface area contributed by atoms with Crippen LogP contribution in [0, 0.1) is 6.92 Å². The fraction of sp³-hybridized carbons (Fsp3) is 0.300. The third-order valence-corrected chi connectivity index (χ3v) is 2.35. The molecule has 0 radical (unpaired) electrons. The molecule has 0 saturated carbocycles. The molecule has 1 aliphatic heterocycles. The Morgan fingerprint density at radius 3 is 3.07 bits per heavy atom. The lowest BCUT2D eigenvalue weighted by Crippen LogP contribution is -2.24. The fourth-order valence-corrected chi connectivity index (χ4v) is 1.79. The molecule has 1 aliphatic rings. The third kappa shape index (κ3) is 1.55. The Balaban J connectivity index is 2.58. The largest absolute Gasteiger partial charge is 0.489 e. The van der Waals surface area contributed by atoms with Crippen LogP contribution in [0.4, 0.5) is 0 Å². The first kappa shape index (κ1) is 9.34. The Morgan fingerprint density at radius 1 is 1.50 bits per heavy atom. The van der Waals surface area contributed by atoms with E-state index in [1.807, 2.05) is 6.92 Å². The molecule has 1 heterocycles. The molecule has 0 atom stereocenters. The summed E-state index contributed by atoms with van der Waals surface area (Å²) in [5.74, 6) is 0.371. The highest BCUT2D eigenvalue weighted by Crippen LogP contribution is 2.31. The number of carbonyl (C=O) groups is 1. The van der Waals surface area contributed by atoms with Crippen molar-refractivity contribution in [3.05, 3.63) is 28.3 Å². The highest BCUT2D eigenvalue weighted by Gasteiger charge is 2.19. The minimum atomic E-state index is -0.122. The van der Waals surface area contributed by atoms with Crippen LogP contribution < -0.4 is 10.1 Å². The van der Waals surface area contributed by atoms with Gasteiger partial charge in [0.2, 0.25) is 0 Å². The maximum Gasteiger partial charge on any atom is 0.255 e. The Kier molecular flexibility index (Phi) is 2.33. The summed E-state index contributed by atoms with van der Waals surface area (Å²) in [5.41, 5.74) is 1.47. The van der Waals surface area contributed by atoms with Gasteiger partial charge in [-0.3, -0.25) is 4.79 Å². The molecule has 3 nitrogen and oxygen atoms in total. The minimum Gasteiger partial charge on any atom is -0.489 e. The molecule has 14 heavy (non-hydrogen) atoms. The zero-order valence-electron chi connectivity index (χ0n) is 7.76. The molecule has 0 aliphatic carbocycles. The first-order valence-corrected chi connectivity index (χ1v) is 4.77. The highest BCUT2D eigenvalue weighted by molar-refractivity contribution is 6.32. The van der Waals surface area contributed by atoms with Gasteiger partial charge in [0, 0.05) is 0 Å². The lowest BCUT2D eigenvalue weighted by atomic mass is 10.1. The van der Waals surface area contributed by atoms with Crippen LogP contribution in [0.2, 0.25) is 5.02 Å². The quantitative estimate of drug-likeness (QED) is 0.710. The van der Waals surface area contributed by atoms with Gasteiger partial charge in [0.1, 0.15) is 6.61 Å². The minimum absolute atomic E-state index is 0.122. The van der Waals surface area contributed by atoms with E-state index in [-0.39, 0.29) is 5.91 Å². The first-order chi connectivity index (χ1) is 6.68. The molecule has 74 valence electrons. The average Bonchev–Trinajstić information content (AvgIpc) is 2.29. The normalized spacial score (nSPS) is 15.1. The zero-order valence-corrected chi connectivity index (χ0v) is 8.52. The van der Waals surface area contributed by atoms with E-state index < -0.39 is 0 Å². The summed E-state index contributed by atoms with van der Waals surface area (Å²) in [6.45, 7) is 2.87. The van der Waals surface area contributed by atoms with Crippen molar-refractivity contribution in [2.24, 2.45) is 0 Å². The van der Waals surface area contributed by atoms with Gasteiger partial charge < -0.3 is 10.1 Å². The van der Waals surface area contributed by atoms with Crippen LogP contribution in [-0.4, -0.2) is 19.1 Å². The average molecular weight is 212 g/mol. The SMILES string of the molecule is Cc1cc(Cl)c2c(c1)C(=O)NCCO2. The van der Waals surface area contributed by atoms with E-state index in [2.05, 4.69) is 5.32 Å². The van der Waals surface area contributed by atoms with Crippen LogP contribution in [-0.2, 0) is 0 Å². The van der Waals surface area contributed by atoms with Crippen LogP contribution in [0.15, 0.2) is 12.1 Å². The Morgan fingerprint density at radius 2 is 2.29 bits per heavy atom. The number of aryl methyl sites for hydroxylation is 1. The van der Waals surface area contributed by atoms with Gasteiger partial charge in [0.25, 0.3) is 5.91 Å². The Bertz CT molecular complexity index is 390. The lowest BCUT2D eigenvalue weighted by molar-refractivity contribution is 0.0957. The summed E-state index contributed by atoms with van der Waals surface area (Å²) >= 11 is 5.98. The van der Waals surface area contributed by atoms with Gasteiger partial charge in [0.15, 0.2) is 5.75 Å². The highest BCUT2D eigenvalue weighted by atomic mass is 35.5. The predicted octanol–water partition coefficient (Wildman–Crippen LogP) is 1.77. The van der Waals surface area contributed by atoms with Crippen LogP contribution in [0.1, 0.15) is 15.9 Å². The van der Waals surface area contributed by atoms with Crippen LogP contribution in [0.3, 0.4) is 0 Å². The van der Waals surface area contributed by atoms with Gasteiger partial charge in [-0.15, -0.1) is 0 Å². The van der Waals surface area contributed by atoms with Crippen molar-refractivity contribution < 1.29 is 9.53 Å². The number of amides is 1. The van der Waals surface area contributed by atoms with E-state index >= 15 is 0 Å². The molecule has 0 unspecified atom stereocenters. The van der Waals surface area contributed by atoms with Gasteiger partial charge in [-0.25, -0.2) is 0 Å². The topological polar surface area (TPSA) is 38.3 Å². The number of hydrogen-bond donors (Lipinski definition) is 1. The second kappa shape index (κ2) is 3.50. The molecule has 1 aromatic rings. The summed E-state index contributed by atoms with van der Waals surface area (Å²) in [5, 5.41) is 3.23. The number of nitrogens with one attached hydrogen (secondary N) is 1. The zero-order chi connectivity index (χ0) is 10.1. The van der Waals surface area contributed by atoms with E-state index in [1.165, 1.54) is 0 Å². The number of halogens is 1. The first-order valence-electron chi connectivity index (χ1n) is 4.39.